The fourth-order valence-electron chi connectivity index (χ4n) is 3.26. The van der Waals surface area contributed by atoms with Gasteiger partial charge >= 0.3 is 0 Å². The first-order valence-electron chi connectivity index (χ1n) is 9.14. The number of carbonyl (C=O) groups excluding carboxylic acids is 1. The summed E-state index contributed by atoms with van der Waals surface area (Å²) in [4.78, 5) is 12.7. The number of piperidine rings is 1. The molecule has 1 unspecified atom stereocenters. The molecule has 1 aliphatic heterocycles. The molecule has 1 saturated heterocycles. The minimum absolute atomic E-state index is 0.107. The Morgan fingerprint density at radius 3 is 2.29 bits per heavy atom. The molecule has 0 aromatic heterocycles. The van der Waals surface area contributed by atoms with E-state index in [0.29, 0.717) is 42.4 Å². The number of nitrogens with one attached hydrogen (secondary N) is 1. The van der Waals surface area contributed by atoms with E-state index in [1.165, 1.54) is 16.4 Å². The maximum Gasteiger partial charge on any atom is 0.243 e. The van der Waals surface area contributed by atoms with Crippen LogP contribution in [-0.4, -0.2) is 38.3 Å². The summed E-state index contributed by atoms with van der Waals surface area (Å²) in [5.74, 6) is -0.453. The predicted molar refractivity (Wildman–Crippen MR) is 111 cm³/mol. The van der Waals surface area contributed by atoms with Crippen molar-refractivity contribution in [1.29, 1.82) is 0 Å². The number of benzene rings is 2. The molecule has 1 amide bonds. The van der Waals surface area contributed by atoms with Crippen molar-refractivity contribution in [3.05, 3.63) is 64.1 Å². The zero-order valence-corrected chi connectivity index (χ0v) is 17.6. The van der Waals surface area contributed by atoms with Crippen LogP contribution < -0.4 is 5.32 Å². The summed E-state index contributed by atoms with van der Waals surface area (Å²) >= 11 is 11.7. The second kappa shape index (κ2) is 9.27. The molecule has 0 spiro atoms. The Morgan fingerprint density at radius 2 is 1.64 bits per heavy atom. The van der Waals surface area contributed by atoms with Gasteiger partial charge < -0.3 is 5.32 Å². The fraction of sp³-hybridized carbons (Fsp3) is 0.350. The number of hydrogen-bond donors (Lipinski definition) is 1. The number of carbonyl (C=O) groups is 1. The number of hydrogen-bond acceptors (Lipinski definition) is 3. The summed E-state index contributed by atoms with van der Waals surface area (Å²) in [5, 5.41) is 4.08. The number of rotatable bonds is 6. The van der Waals surface area contributed by atoms with Gasteiger partial charge in [0.2, 0.25) is 15.9 Å². The molecule has 0 radical (unpaired) electrons. The van der Waals surface area contributed by atoms with Crippen LogP contribution in [0.3, 0.4) is 0 Å². The quantitative estimate of drug-likeness (QED) is 0.743. The van der Waals surface area contributed by atoms with Gasteiger partial charge in [-0.15, -0.1) is 0 Å². The van der Waals surface area contributed by atoms with Crippen molar-refractivity contribution < 1.29 is 13.2 Å². The average molecular weight is 441 g/mol. The van der Waals surface area contributed by atoms with E-state index >= 15 is 0 Å². The van der Waals surface area contributed by atoms with Crippen molar-refractivity contribution in [2.24, 2.45) is 5.92 Å². The van der Waals surface area contributed by atoms with E-state index in [4.69, 9.17) is 23.2 Å². The summed E-state index contributed by atoms with van der Waals surface area (Å²) < 4.78 is 27.1. The van der Waals surface area contributed by atoms with Crippen molar-refractivity contribution >= 4 is 39.1 Å². The zero-order chi connectivity index (χ0) is 20.1. The van der Waals surface area contributed by atoms with Gasteiger partial charge in [0.25, 0.3) is 0 Å². The average Bonchev–Trinajstić information content (AvgIpc) is 2.70. The largest absolute Gasteiger partial charge is 0.355 e. The number of nitrogens with zero attached hydrogens (tertiary/aromatic N) is 1. The van der Waals surface area contributed by atoms with Crippen LogP contribution >= 0.6 is 23.2 Å². The van der Waals surface area contributed by atoms with Gasteiger partial charge in [-0.1, -0.05) is 35.3 Å². The van der Waals surface area contributed by atoms with Crippen LogP contribution in [0.4, 0.5) is 0 Å². The molecule has 28 heavy (non-hydrogen) atoms. The summed E-state index contributed by atoms with van der Waals surface area (Å²) in [6.45, 7) is 1.11. The van der Waals surface area contributed by atoms with Crippen LogP contribution in [0.2, 0.25) is 10.0 Å². The Hall–Kier alpha value is -1.60. The molecular weight excluding hydrogens is 419 g/mol. The van der Waals surface area contributed by atoms with E-state index in [9.17, 15) is 13.2 Å². The van der Waals surface area contributed by atoms with E-state index in [0.717, 1.165) is 5.56 Å². The molecule has 1 atom stereocenters. The highest BCUT2D eigenvalue weighted by atomic mass is 35.5. The molecule has 150 valence electrons. The third kappa shape index (κ3) is 5.26. The van der Waals surface area contributed by atoms with Crippen LogP contribution in [0.1, 0.15) is 18.4 Å². The molecule has 5 nitrogen and oxygen atoms in total. The van der Waals surface area contributed by atoms with Gasteiger partial charge in [-0.05, 0) is 61.2 Å². The van der Waals surface area contributed by atoms with Crippen LogP contribution in [0.15, 0.2) is 53.4 Å². The second-order valence-electron chi connectivity index (χ2n) is 6.82. The van der Waals surface area contributed by atoms with Gasteiger partial charge in [0.15, 0.2) is 0 Å². The van der Waals surface area contributed by atoms with Gasteiger partial charge in [-0.2, -0.15) is 4.31 Å². The molecule has 1 heterocycles. The monoisotopic (exact) mass is 440 g/mol. The Morgan fingerprint density at radius 1 is 1.04 bits per heavy atom. The minimum Gasteiger partial charge on any atom is -0.355 e. The lowest BCUT2D eigenvalue weighted by molar-refractivity contribution is -0.126. The molecule has 1 N–H and O–H groups in total. The summed E-state index contributed by atoms with van der Waals surface area (Å²) in [6, 6.07) is 13.6. The highest BCUT2D eigenvalue weighted by Crippen LogP contribution is 2.25. The van der Waals surface area contributed by atoms with Crippen LogP contribution in [0.25, 0.3) is 0 Å². The molecule has 2 aromatic carbocycles. The van der Waals surface area contributed by atoms with E-state index in [2.05, 4.69) is 5.32 Å². The SMILES string of the molecule is O=C(NCCc1ccc(Cl)cc1)C1CCCN(S(=O)(=O)c2ccc(Cl)cc2)C1. The smallest absolute Gasteiger partial charge is 0.243 e. The first-order chi connectivity index (χ1) is 13.4. The predicted octanol–water partition coefficient (Wildman–Crippen LogP) is 3.75. The minimum atomic E-state index is -3.63. The lowest BCUT2D eigenvalue weighted by Gasteiger charge is -2.31. The van der Waals surface area contributed by atoms with Gasteiger partial charge in [-0.25, -0.2) is 8.42 Å². The van der Waals surface area contributed by atoms with Gasteiger partial charge in [-0.3, -0.25) is 4.79 Å². The van der Waals surface area contributed by atoms with Crippen LogP contribution in [0, 0.1) is 5.92 Å². The van der Waals surface area contributed by atoms with Crippen LogP contribution in [-0.2, 0) is 21.2 Å². The molecule has 8 heteroatoms. The summed E-state index contributed by atoms with van der Waals surface area (Å²) in [6.07, 6.45) is 2.03. The maximum absolute atomic E-state index is 12.8. The molecule has 1 fully saturated rings. The molecule has 2 aromatic rings. The molecule has 0 saturated carbocycles. The van der Waals surface area contributed by atoms with Gasteiger partial charge in [0, 0.05) is 29.7 Å². The number of amides is 1. The number of sulfonamides is 1. The summed E-state index contributed by atoms with van der Waals surface area (Å²) in [5.41, 5.74) is 1.08. The molecule has 0 bridgehead atoms. The number of halogens is 2. The van der Waals surface area contributed by atoms with E-state index in [1.807, 2.05) is 24.3 Å². The van der Waals surface area contributed by atoms with E-state index in [1.54, 1.807) is 12.1 Å². The van der Waals surface area contributed by atoms with Crippen molar-refractivity contribution in [3.63, 3.8) is 0 Å². The van der Waals surface area contributed by atoms with E-state index in [-0.39, 0.29) is 23.3 Å². The molecule has 3 rings (SSSR count). The van der Waals surface area contributed by atoms with Crippen molar-refractivity contribution in [2.45, 2.75) is 24.2 Å². The van der Waals surface area contributed by atoms with Gasteiger partial charge in [0.1, 0.15) is 0 Å². The van der Waals surface area contributed by atoms with Crippen molar-refractivity contribution in [3.8, 4) is 0 Å². The molecule has 0 aliphatic carbocycles. The lowest BCUT2D eigenvalue weighted by atomic mass is 9.99. The zero-order valence-electron chi connectivity index (χ0n) is 15.3. The molecular formula is C20H22Cl2N2O3S. The maximum atomic E-state index is 12.8. The lowest BCUT2D eigenvalue weighted by Crippen LogP contribution is -2.45. The fourth-order valence-corrected chi connectivity index (χ4v) is 5.03. The highest BCUT2D eigenvalue weighted by Gasteiger charge is 2.33. The first kappa shape index (κ1) is 21.1. The first-order valence-corrected chi connectivity index (χ1v) is 11.3. The van der Waals surface area contributed by atoms with E-state index < -0.39 is 10.0 Å². The van der Waals surface area contributed by atoms with Crippen molar-refractivity contribution in [2.75, 3.05) is 19.6 Å². The molecule has 1 aliphatic rings. The second-order valence-corrected chi connectivity index (χ2v) is 9.63. The van der Waals surface area contributed by atoms with Crippen LogP contribution in [0.5, 0.6) is 0 Å². The third-order valence-electron chi connectivity index (χ3n) is 4.83. The summed E-state index contributed by atoms with van der Waals surface area (Å²) in [7, 11) is -3.63. The normalized spacial score (nSPS) is 18.0. The Balaban J connectivity index is 1.57. The standard InChI is InChI=1S/C20H22Cl2N2O3S/c21-17-5-3-15(4-6-17)11-12-23-20(25)16-2-1-13-24(14-16)28(26,27)19-9-7-18(22)8-10-19/h3-10,16H,1-2,11-14H2,(H,23,25). The van der Waals surface area contributed by atoms with Gasteiger partial charge in [0.05, 0.1) is 10.8 Å². The Kier molecular flexibility index (Phi) is 6.99. The highest BCUT2D eigenvalue weighted by molar-refractivity contribution is 7.89. The topological polar surface area (TPSA) is 66.5 Å². The third-order valence-corrected chi connectivity index (χ3v) is 7.22. The Bertz CT molecular complexity index is 915. The van der Waals surface area contributed by atoms with Crippen molar-refractivity contribution in [1.82, 2.24) is 9.62 Å². The Labute approximate surface area is 175 Å².